The number of carbonyl (C=O) groups is 1. The standard InChI is InChI=1S/C11H10N2O4S2/c1-7-4-5-12-6-8(7)13-19(16,17)10-3-2-9(18-10)11(14)15/h2-6,13H,1H3,(H,14,15). The summed E-state index contributed by atoms with van der Waals surface area (Å²) in [5, 5.41) is 8.78. The SMILES string of the molecule is Cc1ccncc1NS(=O)(=O)c1ccc(C(=O)O)s1. The second kappa shape index (κ2) is 4.98. The molecule has 2 rings (SSSR count). The van der Waals surface area contributed by atoms with Gasteiger partial charge in [-0.25, -0.2) is 13.2 Å². The molecule has 2 aromatic heterocycles. The van der Waals surface area contributed by atoms with Crippen LogP contribution >= 0.6 is 11.3 Å². The highest BCUT2D eigenvalue weighted by molar-refractivity contribution is 7.94. The van der Waals surface area contributed by atoms with Gasteiger partial charge in [0.15, 0.2) is 0 Å². The first kappa shape index (κ1) is 13.5. The van der Waals surface area contributed by atoms with Crippen molar-refractivity contribution in [3.05, 3.63) is 41.0 Å². The summed E-state index contributed by atoms with van der Waals surface area (Å²) < 4.78 is 26.5. The summed E-state index contributed by atoms with van der Waals surface area (Å²) in [7, 11) is -3.78. The van der Waals surface area contributed by atoms with E-state index in [0.29, 0.717) is 17.0 Å². The van der Waals surface area contributed by atoms with Gasteiger partial charge < -0.3 is 5.11 Å². The maximum absolute atomic E-state index is 12.1. The Morgan fingerprint density at radius 2 is 2.11 bits per heavy atom. The summed E-state index contributed by atoms with van der Waals surface area (Å²) >= 11 is 0.703. The zero-order valence-corrected chi connectivity index (χ0v) is 11.5. The normalized spacial score (nSPS) is 11.2. The molecule has 0 aromatic carbocycles. The zero-order chi connectivity index (χ0) is 14.0. The van der Waals surface area contributed by atoms with Gasteiger partial charge in [0.25, 0.3) is 10.0 Å². The molecule has 2 aromatic rings. The van der Waals surface area contributed by atoms with Crippen molar-refractivity contribution in [2.24, 2.45) is 0 Å². The molecule has 0 saturated carbocycles. The van der Waals surface area contributed by atoms with Crippen molar-refractivity contribution in [1.29, 1.82) is 0 Å². The van der Waals surface area contributed by atoms with Gasteiger partial charge in [0.2, 0.25) is 0 Å². The first-order valence-corrected chi connectivity index (χ1v) is 7.46. The third-order valence-electron chi connectivity index (χ3n) is 2.34. The predicted octanol–water partition coefficient (Wildman–Crippen LogP) is 1.95. The van der Waals surface area contributed by atoms with E-state index in [9.17, 15) is 13.2 Å². The van der Waals surface area contributed by atoms with E-state index in [1.54, 1.807) is 19.2 Å². The number of nitrogens with zero attached hydrogens (tertiary/aromatic N) is 1. The molecule has 0 aliphatic rings. The van der Waals surface area contributed by atoms with Gasteiger partial charge in [0.05, 0.1) is 11.9 Å². The number of nitrogens with one attached hydrogen (secondary N) is 1. The number of aromatic carboxylic acids is 1. The van der Waals surface area contributed by atoms with Gasteiger partial charge in [0.1, 0.15) is 9.09 Å². The number of pyridine rings is 1. The number of hydrogen-bond donors (Lipinski definition) is 2. The summed E-state index contributed by atoms with van der Waals surface area (Å²) in [6.07, 6.45) is 2.96. The van der Waals surface area contributed by atoms with E-state index in [0.717, 1.165) is 5.56 Å². The van der Waals surface area contributed by atoms with Crippen LogP contribution in [0.25, 0.3) is 0 Å². The number of thiophene rings is 1. The molecule has 0 fully saturated rings. The van der Waals surface area contributed by atoms with Crippen LogP contribution in [-0.2, 0) is 10.0 Å². The number of carboxylic acid groups (broad SMARTS) is 1. The number of hydrogen-bond acceptors (Lipinski definition) is 5. The first-order valence-electron chi connectivity index (χ1n) is 5.17. The highest BCUT2D eigenvalue weighted by Crippen LogP contribution is 2.24. The minimum Gasteiger partial charge on any atom is -0.477 e. The summed E-state index contributed by atoms with van der Waals surface area (Å²) in [6.45, 7) is 1.75. The van der Waals surface area contributed by atoms with Crippen molar-refractivity contribution in [2.45, 2.75) is 11.1 Å². The molecule has 8 heteroatoms. The van der Waals surface area contributed by atoms with Gasteiger partial charge in [-0.1, -0.05) is 0 Å². The molecule has 100 valence electrons. The Balaban J connectivity index is 2.32. The molecule has 2 N–H and O–H groups in total. The Labute approximate surface area is 113 Å². The van der Waals surface area contributed by atoms with Crippen LogP contribution in [-0.4, -0.2) is 24.5 Å². The zero-order valence-electron chi connectivity index (χ0n) is 9.82. The fourth-order valence-corrected chi connectivity index (χ4v) is 3.61. The van der Waals surface area contributed by atoms with E-state index >= 15 is 0 Å². The lowest BCUT2D eigenvalue weighted by atomic mass is 10.3. The summed E-state index contributed by atoms with van der Waals surface area (Å²) in [4.78, 5) is 14.6. The van der Waals surface area contributed by atoms with Crippen molar-refractivity contribution in [2.75, 3.05) is 4.72 Å². The highest BCUT2D eigenvalue weighted by atomic mass is 32.2. The number of anilines is 1. The van der Waals surface area contributed by atoms with Crippen LogP contribution in [0, 0.1) is 6.92 Å². The molecule has 0 radical (unpaired) electrons. The number of sulfonamides is 1. The van der Waals surface area contributed by atoms with Gasteiger partial charge in [-0.15, -0.1) is 11.3 Å². The second-order valence-electron chi connectivity index (χ2n) is 3.72. The molecule has 0 unspecified atom stereocenters. The topological polar surface area (TPSA) is 96.4 Å². The largest absolute Gasteiger partial charge is 0.477 e. The lowest BCUT2D eigenvalue weighted by Gasteiger charge is -2.07. The molecule has 6 nitrogen and oxygen atoms in total. The van der Waals surface area contributed by atoms with Crippen molar-refractivity contribution < 1.29 is 18.3 Å². The number of rotatable bonds is 4. The fraction of sp³-hybridized carbons (Fsp3) is 0.0909. The van der Waals surface area contributed by atoms with Crippen molar-refractivity contribution in [1.82, 2.24) is 4.98 Å². The molecule has 0 spiro atoms. The Morgan fingerprint density at radius 3 is 2.68 bits per heavy atom. The lowest BCUT2D eigenvalue weighted by molar-refractivity contribution is 0.0702. The maximum atomic E-state index is 12.1. The average Bonchev–Trinajstić information content (AvgIpc) is 2.82. The van der Waals surface area contributed by atoms with Crippen LogP contribution in [0.5, 0.6) is 0 Å². The van der Waals surface area contributed by atoms with E-state index in [2.05, 4.69) is 9.71 Å². The molecule has 2 heterocycles. The second-order valence-corrected chi connectivity index (χ2v) is 6.71. The van der Waals surface area contributed by atoms with Crippen LogP contribution < -0.4 is 4.72 Å². The smallest absolute Gasteiger partial charge is 0.345 e. The number of aryl methyl sites for hydroxylation is 1. The quantitative estimate of drug-likeness (QED) is 0.899. The summed E-state index contributed by atoms with van der Waals surface area (Å²) in [5.41, 5.74) is 1.10. The predicted molar refractivity (Wildman–Crippen MR) is 71.1 cm³/mol. The molecule has 0 aliphatic carbocycles. The van der Waals surface area contributed by atoms with E-state index < -0.39 is 16.0 Å². The molecule has 0 atom stereocenters. The number of aromatic nitrogens is 1. The highest BCUT2D eigenvalue weighted by Gasteiger charge is 2.19. The molecule has 0 amide bonds. The fourth-order valence-electron chi connectivity index (χ4n) is 1.35. The molecule has 0 bridgehead atoms. The van der Waals surface area contributed by atoms with Gasteiger partial charge in [-0.05, 0) is 30.7 Å². The molecular formula is C11H10N2O4S2. The van der Waals surface area contributed by atoms with Gasteiger partial charge in [-0.3, -0.25) is 9.71 Å². The average molecular weight is 298 g/mol. The first-order chi connectivity index (χ1) is 8.90. The van der Waals surface area contributed by atoms with E-state index in [1.807, 2.05) is 0 Å². The third kappa shape index (κ3) is 2.91. The van der Waals surface area contributed by atoms with Crippen LogP contribution in [0.4, 0.5) is 5.69 Å². The molecular weight excluding hydrogens is 288 g/mol. The van der Waals surface area contributed by atoms with E-state index in [-0.39, 0.29) is 9.09 Å². The monoisotopic (exact) mass is 298 g/mol. The molecule has 19 heavy (non-hydrogen) atoms. The van der Waals surface area contributed by atoms with Crippen molar-refractivity contribution in [3.8, 4) is 0 Å². The van der Waals surface area contributed by atoms with Crippen LogP contribution in [0.3, 0.4) is 0 Å². The Bertz CT molecular complexity index is 722. The van der Waals surface area contributed by atoms with Gasteiger partial charge >= 0.3 is 5.97 Å². The minimum atomic E-state index is -3.78. The van der Waals surface area contributed by atoms with Gasteiger partial charge in [0, 0.05) is 6.20 Å². The van der Waals surface area contributed by atoms with Crippen LogP contribution in [0.2, 0.25) is 0 Å². The Morgan fingerprint density at radius 1 is 1.37 bits per heavy atom. The third-order valence-corrected chi connectivity index (χ3v) is 5.27. The summed E-state index contributed by atoms with van der Waals surface area (Å²) in [5.74, 6) is -1.15. The van der Waals surface area contributed by atoms with Gasteiger partial charge in [-0.2, -0.15) is 0 Å². The van der Waals surface area contributed by atoms with E-state index in [1.165, 1.54) is 18.3 Å². The maximum Gasteiger partial charge on any atom is 0.345 e. The van der Waals surface area contributed by atoms with Crippen LogP contribution in [0.1, 0.15) is 15.2 Å². The molecule has 0 saturated heterocycles. The van der Waals surface area contributed by atoms with E-state index in [4.69, 9.17) is 5.11 Å². The van der Waals surface area contributed by atoms with Crippen LogP contribution in [0.15, 0.2) is 34.8 Å². The lowest BCUT2D eigenvalue weighted by Crippen LogP contribution is -2.12. The molecule has 0 aliphatic heterocycles. The van der Waals surface area contributed by atoms with Crippen molar-refractivity contribution >= 4 is 33.0 Å². The van der Waals surface area contributed by atoms with Crippen molar-refractivity contribution in [3.63, 3.8) is 0 Å². The minimum absolute atomic E-state index is 0.0247. The Hall–Kier alpha value is -1.93. The Kier molecular flexibility index (Phi) is 3.54. The number of carboxylic acids is 1. The summed E-state index contributed by atoms with van der Waals surface area (Å²) in [6, 6.07) is 4.20.